The maximum absolute atomic E-state index is 5.22. The highest BCUT2D eigenvalue weighted by atomic mass is 16.5. The Hall–Kier alpha value is -2.55. The molecule has 0 amide bonds. The van der Waals surface area contributed by atoms with E-state index in [1.807, 2.05) is 36.5 Å². The van der Waals surface area contributed by atoms with Gasteiger partial charge < -0.3 is 10.1 Å². The van der Waals surface area contributed by atoms with Crippen molar-refractivity contribution < 1.29 is 4.74 Å². The molecular weight excluding hydrogens is 248 g/mol. The van der Waals surface area contributed by atoms with Gasteiger partial charge >= 0.3 is 0 Å². The Morgan fingerprint density at radius 3 is 2.80 bits per heavy atom. The van der Waals surface area contributed by atoms with Crippen molar-refractivity contribution in [1.82, 2.24) is 4.98 Å². The van der Waals surface area contributed by atoms with Gasteiger partial charge in [-0.05, 0) is 23.8 Å². The fourth-order valence-electron chi connectivity index (χ4n) is 2.24. The first-order valence-electron chi connectivity index (χ1n) is 6.57. The minimum atomic E-state index is 0.738. The van der Waals surface area contributed by atoms with Crippen LogP contribution >= 0.6 is 0 Å². The number of nitrogens with zero attached hydrogens (tertiary/aromatic N) is 1. The van der Waals surface area contributed by atoms with Gasteiger partial charge in [0.25, 0.3) is 0 Å². The number of rotatable bonds is 4. The molecule has 3 nitrogen and oxygen atoms in total. The van der Waals surface area contributed by atoms with Crippen molar-refractivity contribution in [3.05, 3.63) is 66.4 Å². The number of para-hydroxylation sites is 1. The third-order valence-corrected chi connectivity index (χ3v) is 3.27. The topological polar surface area (TPSA) is 34.1 Å². The highest BCUT2D eigenvalue weighted by Gasteiger charge is 2.02. The molecule has 0 aliphatic carbocycles. The van der Waals surface area contributed by atoms with Crippen LogP contribution in [0, 0.1) is 0 Å². The fourth-order valence-corrected chi connectivity index (χ4v) is 2.24. The Labute approximate surface area is 118 Å². The van der Waals surface area contributed by atoms with E-state index in [4.69, 9.17) is 4.74 Å². The lowest BCUT2D eigenvalue weighted by molar-refractivity contribution is 0.415. The molecule has 1 aromatic heterocycles. The quantitative estimate of drug-likeness (QED) is 0.777. The number of hydrogen-bond donors (Lipinski definition) is 1. The molecule has 0 spiro atoms. The van der Waals surface area contributed by atoms with Gasteiger partial charge in [0.2, 0.25) is 0 Å². The van der Waals surface area contributed by atoms with Gasteiger partial charge in [0.1, 0.15) is 5.75 Å². The van der Waals surface area contributed by atoms with Crippen LogP contribution in [0.1, 0.15) is 5.56 Å². The first-order chi connectivity index (χ1) is 9.86. The first kappa shape index (κ1) is 12.5. The molecule has 20 heavy (non-hydrogen) atoms. The Morgan fingerprint density at radius 1 is 1.05 bits per heavy atom. The van der Waals surface area contributed by atoms with Gasteiger partial charge in [-0.25, -0.2) is 0 Å². The second-order valence-corrected chi connectivity index (χ2v) is 4.58. The maximum atomic E-state index is 5.22. The first-order valence-corrected chi connectivity index (χ1v) is 6.57. The van der Waals surface area contributed by atoms with E-state index >= 15 is 0 Å². The summed E-state index contributed by atoms with van der Waals surface area (Å²) in [7, 11) is 1.67. The lowest BCUT2D eigenvalue weighted by atomic mass is 10.1. The summed E-state index contributed by atoms with van der Waals surface area (Å²) in [6.45, 7) is 0.738. The summed E-state index contributed by atoms with van der Waals surface area (Å²) in [6.07, 6.45) is 1.83. The largest absolute Gasteiger partial charge is 0.497 e. The molecule has 2 aromatic carbocycles. The molecule has 1 heterocycles. The average molecular weight is 264 g/mol. The van der Waals surface area contributed by atoms with E-state index in [2.05, 4.69) is 34.6 Å². The molecular formula is C17H16N2O. The minimum absolute atomic E-state index is 0.738. The summed E-state index contributed by atoms with van der Waals surface area (Å²) in [6, 6.07) is 18.2. The lowest BCUT2D eigenvalue weighted by Gasteiger charge is -2.09. The van der Waals surface area contributed by atoms with E-state index in [1.165, 1.54) is 5.56 Å². The van der Waals surface area contributed by atoms with Gasteiger partial charge in [-0.2, -0.15) is 0 Å². The van der Waals surface area contributed by atoms with Gasteiger partial charge in [0, 0.05) is 29.9 Å². The highest BCUT2D eigenvalue weighted by Crippen LogP contribution is 2.20. The molecule has 0 radical (unpaired) electrons. The molecule has 1 N–H and O–H groups in total. The van der Waals surface area contributed by atoms with Crippen LogP contribution < -0.4 is 10.1 Å². The van der Waals surface area contributed by atoms with E-state index in [9.17, 15) is 0 Å². The van der Waals surface area contributed by atoms with E-state index in [0.717, 1.165) is 28.9 Å². The summed E-state index contributed by atoms with van der Waals surface area (Å²) in [5.41, 5.74) is 3.27. The molecule has 0 saturated heterocycles. The van der Waals surface area contributed by atoms with E-state index < -0.39 is 0 Å². The number of methoxy groups -OCH3 is 1. The second-order valence-electron chi connectivity index (χ2n) is 4.58. The van der Waals surface area contributed by atoms with Crippen LogP contribution in [-0.4, -0.2) is 12.1 Å². The van der Waals surface area contributed by atoms with Crippen LogP contribution in [-0.2, 0) is 6.54 Å². The number of nitrogens with one attached hydrogen (secondary N) is 1. The third-order valence-electron chi connectivity index (χ3n) is 3.27. The summed E-state index contributed by atoms with van der Waals surface area (Å²) in [4.78, 5) is 4.46. The van der Waals surface area contributed by atoms with Gasteiger partial charge in [-0.3, -0.25) is 4.98 Å². The number of anilines is 1. The summed E-state index contributed by atoms with van der Waals surface area (Å²) in [5, 5.41) is 4.57. The lowest BCUT2D eigenvalue weighted by Crippen LogP contribution is -2.01. The molecule has 100 valence electrons. The third kappa shape index (κ3) is 2.57. The molecule has 0 unspecified atom stereocenters. The average Bonchev–Trinajstić information content (AvgIpc) is 2.53. The van der Waals surface area contributed by atoms with Crippen molar-refractivity contribution in [2.75, 3.05) is 12.4 Å². The van der Waals surface area contributed by atoms with Crippen molar-refractivity contribution in [2.24, 2.45) is 0 Å². The van der Waals surface area contributed by atoms with E-state index in [1.54, 1.807) is 7.11 Å². The normalized spacial score (nSPS) is 10.4. The number of benzene rings is 2. The highest BCUT2D eigenvalue weighted by molar-refractivity contribution is 5.81. The van der Waals surface area contributed by atoms with Crippen LogP contribution in [0.5, 0.6) is 5.75 Å². The van der Waals surface area contributed by atoms with E-state index in [0.29, 0.717) is 0 Å². The van der Waals surface area contributed by atoms with Crippen LogP contribution in [0.15, 0.2) is 60.8 Å². The van der Waals surface area contributed by atoms with Crippen molar-refractivity contribution in [3.8, 4) is 5.75 Å². The van der Waals surface area contributed by atoms with Crippen LogP contribution in [0.2, 0.25) is 0 Å². The molecule has 0 atom stereocenters. The summed E-state index contributed by atoms with van der Waals surface area (Å²) >= 11 is 0. The predicted octanol–water partition coefficient (Wildman–Crippen LogP) is 3.86. The van der Waals surface area contributed by atoms with Crippen LogP contribution in [0.4, 0.5) is 5.69 Å². The van der Waals surface area contributed by atoms with Gasteiger partial charge in [-0.15, -0.1) is 0 Å². The van der Waals surface area contributed by atoms with Crippen LogP contribution in [0.3, 0.4) is 0 Å². The molecule has 3 aromatic rings. The Bertz CT molecular complexity index is 720. The predicted molar refractivity (Wildman–Crippen MR) is 82.1 cm³/mol. The SMILES string of the molecule is COc1cccc(NCc2cccc3cccnc23)c1. The van der Waals surface area contributed by atoms with E-state index in [-0.39, 0.29) is 0 Å². The zero-order valence-corrected chi connectivity index (χ0v) is 11.3. The van der Waals surface area contributed by atoms with Gasteiger partial charge in [0.05, 0.1) is 12.6 Å². The zero-order valence-electron chi connectivity index (χ0n) is 11.3. The second kappa shape index (κ2) is 5.61. The Balaban J connectivity index is 1.83. The molecule has 3 rings (SSSR count). The number of hydrogen-bond acceptors (Lipinski definition) is 3. The minimum Gasteiger partial charge on any atom is -0.497 e. The van der Waals surface area contributed by atoms with Gasteiger partial charge in [0.15, 0.2) is 0 Å². The fraction of sp³-hybridized carbons (Fsp3) is 0.118. The molecule has 0 bridgehead atoms. The van der Waals surface area contributed by atoms with Crippen molar-refractivity contribution in [3.63, 3.8) is 0 Å². The molecule has 0 aliphatic rings. The molecule has 0 saturated carbocycles. The molecule has 0 fully saturated rings. The Kier molecular flexibility index (Phi) is 3.50. The monoisotopic (exact) mass is 264 g/mol. The van der Waals surface area contributed by atoms with Crippen molar-refractivity contribution in [2.45, 2.75) is 6.54 Å². The number of fused-ring (bicyclic) bond motifs is 1. The summed E-state index contributed by atoms with van der Waals surface area (Å²) < 4.78 is 5.22. The van der Waals surface area contributed by atoms with Crippen molar-refractivity contribution >= 4 is 16.6 Å². The number of ether oxygens (including phenoxy) is 1. The molecule has 3 heteroatoms. The number of aromatic nitrogens is 1. The van der Waals surface area contributed by atoms with Gasteiger partial charge in [-0.1, -0.05) is 30.3 Å². The molecule has 0 aliphatic heterocycles. The van der Waals surface area contributed by atoms with Crippen LogP contribution in [0.25, 0.3) is 10.9 Å². The zero-order chi connectivity index (χ0) is 13.8. The standard InChI is InChI=1S/C17H16N2O/c1-20-16-9-3-8-15(11-16)19-12-14-6-2-5-13-7-4-10-18-17(13)14/h2-11,19H,12H2,1H3. The number of pyridine rings is 1. The smallest absolute Gasteiger partial charge is 0.120 e. The Morgan fingerprint density at radius 2 is 1.90 bits per heavy atom. The summed E-state index contributed by atoms with van der Waals surface area (Å²) in [5.74, 6) is 0.853. The maximum Gasteiger partial charge on any atom is 0.120 e. The van der Waals surface area contributed by atoms with Crippen molar-refractivity contribution in [1.29, 1.82) is 0 Å².